The van der Waals surface area contributed by atoms with E-state index in [0.717, 1.165) is 16.6 Å². The van der Waals surface area contributed by atoms with E-state index in [2.05, 4.69) is 15.6 Å². The number of benzene rings is 2. The van der Waals surface area contributed by atoms with Crippen LogP contribution in [0.4, 0.5) is 5.69 Å². The average Bonchev–Trinajstić information content (AvgIpc) is 2.67. The highest BCUT2D eigenvalue weighted by Gasteiger charge is 2.12. The lowest BCUT2D eigenvalue weighted by molar-refractivity contribution is 0.0977. The molecule has 0 saturated heterocycles. The number of carbonyl (C=O) groups is 1. The third kappa shape index (κ3) is 3.73. The SMILES string of the molecule is COc1ccc(C(=O)NC(=S)Nc2cccc3ncccc23)cc1OC. The zero-order valence-corrected chi connectivity index (χ0v) is 15.1. The molecular formula is C19H17N3O3S. The Labute approximate surface area is 156 Å². The standard InChI is InChI=1S/C19H17N3O3S/c1-24-16-9-8-12(11-17(16)25-2)18(23)22-19(26)21-15-7-3-6-14-13(15)5-4-10-20-14/h3-11H,1-2H3,(H2,21,22,23,26). The van der Waals surface area contributed by atoms with E-state index in [4.69, 9.17) is 21.7 Å². The van der Waals surface area contributed by atoms with Gasteiger partial charge in [0.1, 0.15) is 0 Å². The Hall–Kier alpha value is -3.19. The number of anilines is 1. The van der Waals surface area contributed by atoms with Crippen LogP contribution in [0.3, 0.4) is 0 Å². The molecular weight excluding hydrogens is 350 g/mol. The predicted molar refractivity (Wildman–Crippen MR) is 105 cm³/mol. The first kappa shape index (κ1) is 17.6. The van der Waals surface area contributed by atoms with E-state index in [1.165, 1.54) is 14.2 Å². The second-order valence-electron chi connectivity index (χ2n) is 5.35. The Morgan fingerprint density at radius 3 is 2.62 bits per heavy atom. The van der Waals surface area contributed by atoms with Gasteiger partial charge in [0.05, 0.1) is 19.7 Å². The molecule has 2 aromatic carbocycles. The molecule has 3 aromatic rings. The molecule has 132 valence electrons. The van der Waals surface area contributed by atoms with Gasteiger partial charge in [-0.2, -0.15) is 0 Å². The molecule has 0 bridgehead atoms. The normalized spacial score (nSPS) is 10.2. The van der Waals surface area contributed by atoms with E-state index >= 15 is 0 Å². The number of thiocarbonyl (C=S) groups is 1. The number of hydrogen-bond donors (Lipinski definition) is 2. The number of nitrogens with zero attached hydrogens (tertiary/aromatic N) is 1. The van der Waals surface area contributed by atoms with E-state index in [1.807, 2.05) is 30.3 Å². The van der Waals surface area contributed by atoms with Crippen LogP contribution in [0.15, 0.2) is 54.7 Å². The first-order valence-electron chi connectivity index (χ1n) is 7.80. The van der Waals surface area contributed by atoms with Crippen molar-refractivity contribution in [3.8, 4) is 11.5 Å². The van der Waals surface area contributed by atoms with E-state index in [9.17, 15) is 4.79 Å². The highest BCUT2D eigenvalue weighted by molar-refractivity contribution is 7.80. The molecule has 6 nitrogen and oxygen atoms in total. The minimum absolute atomic E-state index is 0.195. The number of amides is 1. The molecule has 26 heavy (non-hydrogen) atoms. The molecule has 1 aromatic heterocycles. The lowest BCUT2D eigenvalue weighted by Gasteiger charge is -2.13. The van der Waals surface area contributed by atoms with Gasteiger partial charge in [-0.1, -0.05) is 6.07 Å². The van der Waals surface area contributed by atoms with Crippen LogP contribution in [-0.2, 0) is 0 Å². The van der Waals surface area contributed by atoms with Gasteiger partial charge in [-0.25, -0.2) is 0 Å². The minimum atomic E-state index is -0.346. The second-order valence-corrected chi connectivity index (χ2v) is 5.76. The Bertz CT molecular complexity index is 970. The highest BCUT2D eigenvalue weighted by atomic mass is 32.1. The highest BCUT2D eigenvalue weighted by Crippen LogP contribution is 2.27. The first-order valence-corrected chi connectivity index (χ1v) is 8.21. The van der Waals surface area contributed by atoms with E-state index in [-0.39, 0.29) is 11.0 Å². The van der Waals surface area contributed by atoms with Gasteiger partial charge in [0, 0.05) is 22.8 Å². The molecule has 7 heteroatoms. The van der Waals surface area contributed by atoms with E-state index in [0.29, 0.717) is 17.1 Å². The van der Waals surface area contributed by atoms with Crippen LogP contribution in [0.25, 0.3) is 10.9 Å². The summed E-state index contributed by atoms with van der Waals surface area (Å²) in [7, 11) is 3.05. The van der Waals surface area contributed by atoms with Gasteiger partial charge in [-0.15, -0.1) is 0 Å². The van der Waals surface area contributed by atoms with Crippen molar-refractivity contribution < 1.29 is 14.3 Å². The molecule has 0 radical (unpaired) electrons. The summed E-state index contributed by atoms with van der Waals surface area (Å²) in [5, 5.41) is 6.81. The summed E-state index contributed by atoms with van der Waals surface area (Å²) in [5.41, 5.74) is 2.02. The van der Waals surface area contributed by atoms with E-state index < -0.39 is 0 Å². The molecule has 0 aliphatic rings. The van der Waals surface area contributed by atoms with Crippen LogP contribution in [0.5, 0.6) is 11.5 Å². The third-order valence-corrected chi connectivity index (χ3v) is 3.97. The van der Waals surface area contributed by atoms with Gasteiger partial charge < -0.3 is 14.8 Å². The van der Waals surface area contributed by atoms with Crippen LogP contribution in [0.2, 0.25) is 0 Å². The predicted octanol–water partition coefficient (Wildman–Crippen LogP) is 3.38. The summed E-state index contributed by atoms with van der Waals surface area (Å²) in [4.78, 5) is 16.7. The number of rotatable bonds is 4. The van der Waals surface area contributed by atoms with Crippen molar-refractivity contribution >= 4 is 39.8 Å². The molecule has 1 amide bonds. The molecule has 0 aliphatic carbocycles. The zero-order chi connectivity index (χ0) is 18.5. The number of ether oxygens (including phenoxy) is 2. The van der Waals surface area contributed by atoms with Crippen LogP contribution >= 0.6 is 12.2 Å². The number of nitrogens with one attached hydrogen (secondary N) is 2. The van der Waals surface area contributed by atoms with Crippen LogP contribution in [0.1, 0.15) is 10.4 Å². The van der Waals surface area contributed by atoms with Gasteiger partial charge in [0.2, 0.25) is 0 Å². The Morgan fingerprint density at radius 1 is 1.04 bits per heavy atom. The second kappa shape index (κ2) is 7.79. The fourth-order valence-electron chi connectivity index (χ4n) is 2.52. The van der Waals surface area contributed by atoms with Crippen LogP contribution in [-0.4, -0.2) is 30.2 Å². The quantitative estimate of drug-likeness (QED) is 0.689. The maximum atomic E-state index is 12.4. The van der Waals surface area contributed by atoms with Crippen molar-refractivity contribution in [3.05, 3.63) is 60.3 Å². The molecule has 0 spiro atoms. The number of pyridine rings is 1. The average molecular weight is 367 g/mol. The van der Waals surface area contributed by atoms with Gasteiger partial charge in [0.25, 0.3) is 5.91 Å². The third-order valence-electron chi connectivity index (χ3n) is 3.77. The largest absolute Gasteiger partial charge is 0.493 e. The van der Waals surface area contributed by atoms with Crippen molar-refractivity contribution in [1.29, 1.82) is 0 Å². The Kier molecular flexibility index (Phi) is 5.28. The zero-order valence-electron chi connectivity index (χ0n) is 14.3. The monoisotopic (exact) mass is 367 g/mol. The first-order chi connectivity index (χ1) is 12.6. The molecule has 0 unspecified atom stereocenters. The summed E-state index contributed by atoms with van der Waals surface area (Å²) in [6, 6.07) is 14.3. The number of carbonyl (C=O) groups excluding carboxylic acids is 1. The maximum absolute atomic E-state index is 12.4. The molecule has 0 saturated carbocycles. The van der Waals surface area contributed by atoms with Crippen molar-refractivity contribution in [2.45, 2.75) is 0 Å². The minimum Gasteiger partial charge on any atom is -0.493 e. The summed E-state index contributed by atoms with van der Waals surface area (Å²) in [6.45, 7) is 0. The summed E-state index contributed by atoms with van der Waals surface area (Å²) >= 11 is 5.27. The summed E-state index contributed by atoms with van der Waals surface area (Å²) in [6.07, 6.45) is 1.73. The van der Waals surface area contributed by atoms with E-state index in [1.54, 1.807) is 24.4 Å². The Balaban J connectivity index is 1.74. The molecule has 2 N–H and O–H groups in total. The van der Waals surface area contributed by atoms with Crippen LogP contribution < -0.4 is 20.1 Å². The molecule has 0 aliphatic heterocycles. The fraction of sp³-hybridized carbons (Fsp3) is 0.105. The number of methoxy groups -OCH3 is 2. The molecule has 3 rings (SSSR count). The van der Waals surface area contributed by atoms with Gasteiger partial charge in [-0.3, -0.25) is 15.1 Å². The number of hydrogen-bond acceptors (Lipinski definition) is 5. The van der Waals surface area contributed by atoms with Gasteiger partial charge in [-0.05, 0) is 54.7 Å². The van der Waals surface area contributed by atoms with Gasteiger partial charge >= 0.3 is 0 Å². The van der Waals surface area contributed by atoms with Crippen molar-refractivity contribution in [2.75, 3.05) is 19.5 Å². The molecule has 1 heterocycles. The topological polar surface area (TPSA) is 72.5 Å². The number of aromatic nitrogens is 1. The van der Waals surface area contributed by atoms with Gasteiger partial charge in [0.15, 0.2) is 16.6 Å². The summed E-state index contributed by atoms with van der Waals surface area (Å²) in [5.74, 6) is 0.675. The molecule has 0 atom stereocenters. The smallest absolute Gasteiger partial charge is 0.257 e. The Morgan fingerprint density at radius 2 is 1.85 bits per heavy atom. The lowest BCUT2D eigenvalue weighted by atomic mass is 10.2. The fourth-order valence-corrected chi connectivity index (χ4v) is 2.72. The van der Waals surface area contributed by atoms with Crippen molar-refractivity contribution in [3.63, 3.8) is 0 Å². The van der Waals surface area contributed by atoms with Crippen molar-refractivity contribution in [1.82, 2.24) is 10.3 Å². The number of fused-ring (bicyclic) bond motifs is 1. The van der Waals surface area contributed by atoms with Crippen LogP contribution in [0, 0.1) is 0 Å². The molecule has 0 fully saturated rings. The van der Waals surface area contributed by atoms with Crippen molar-refractivity contribution in [2.24, 2.45) is 0 Å². The lowest BCUT2D eigenvalue weighted by Crippen LogP contribution is -2.34. The maximum Gasteiger partial charge on any atom is 0.257 e. The summed E-state index contributed by atoms with van der Waals surface area (Å²) < 4.78 is 10.4.